The summed E-state index contributed by atoms with van der Waals surface area (Å²) >= 11 is 0. The van der Waals surface area contributed by atoms with Crippen LogP contribution < -0.4 is 10.5 Å². The van der Waals surface area contributed by atoms with Gasteiger partial charge in [-0.05, 0) is 41.5 Å². The van der Waals surface area contributed by atoms with Crippen molar-refractivity contribution < 1.29 is 17.9 Å². The highest BCUT2D eigenvalue weighted by atomic mass is 19.4. The molecule has 2 aromatic rings. The van der Waals surface area contributed by atoms with Gasteiger partial charge in [0.2, 0.25) is 0 Å². The fourth-order valence-corrected chi connectivity index (χ4v) is 1.88. The zero-order valence-corrected chi connectivity index (χ0v) is 10.4. The van der Waals surface area contributed by atoms with Crippen LogP contribution >= 0.6 is 0 Å². The first kappa shape index (κ1) is 13.7. The van der Waals surface area contributed by atoms with Crippen LogP contribution in [0.25, 0.3) is 10.8 Å². The molecule has 0 saturated heterocycles. The summed E-state index contributed by atoms with van der Waals surface area (Å²) in [5.41, 5.74) is 5.25. The Balaban J connectivity index is 2.39. The molecular formula is C14H14F3NO. The molecule has 0 aromatic heterocycles. The highest BCUT2D eigenvalue weighted by molar-refractivity contribution is 5.84. The molecule has 0 aliphatic rings. The Morgan fingerprint density at radius 3 is 2.37 bits per heavy atom. The second-order valence-electron chi connectivity index (χ2n) is 4.22. The molecule has 102 valence electrons. The van der Waals surface area contributed by atoms with Gasteiger partial charge in [0.25, 0.3) is 0 Å². The van der Waals surface area contributed by atoms with Crippen LogP contribution in [0.1, 0.15) is 18.5 Å². The predicted octanol–water partition coefficient (Wildman–Crippen LogP) is 3.80. The Labute approximate surface area is 109 Å². The van der Waals surface area contributed by atoms with Gasteiger partial charge in [-0.2, -0.15) is 13.2 Å². The van der Waals surface area contributed by atoms with Gasteiger partial charge in [0.1, 0.15) is 11.8 Å². The highest BCUT2D eigenvalue weighted by Gasteiger charge is 2.37. The molecule has 0 aliphatic heterocycles. The van der Waals surface area contributed by atoms with E-state index in [2.05, 4.69) is 0 Å². The van der Waals surface area contributed by atoms with Gasteiger partial charge in [-0.25, -0.2) is 0 Å². The van der Waals surface area contributed by atoms with Gasteiger partial charge in [0.05, 0.1) is 6.61 Å². The number of rotatable bonds is 3. The van der Waals surface area contributed by atoms with Crippen molar-refractivity contribution in [3.63, 3.8) is 0 Å². The lowest BCUT2D eigenvalue weighted by atomic mass is 10.0. The SMILES string of the molecule is CCOc1ccc2cc([C@H](N)C(F)(F)F)ccc2c1. The van der Waals surface area contributed by atoms with Crippen molar-refractivity contribution in [2.75, 3.05) is 6.61 Å². The number of alkyl halides is 3. The van der Waals surface area contributed by atoms with Crippen LogP contribution in [0.15, 0.2) is 36.4 Å². The molecule has 2 nitrogen and oxygen atoms in total. The van der Waals surface area contributed by atoms with E-state index in [1.54, 1.807) is 24.3 Å². The van der Waals surface area contributed by atoms with Crippen molar-refractivity contribution in [3.8, 4) is 5.75 Å². The van der Waals surface area contributed by atoms with Crippen LogP contribution in [0.2, 0.25) is 0 Å². The van der Waals surface area contributed by atoms with Crippen LogP contribution in [0.3, 0.4) is 0 Å². The van der Waals surface area contributed by atoms with Crippen LogP contribution in [0.4, 0.5) is 13.2 Å². The number of fused-ring (bicyclic) bond motifs is 1. The minimum absolute atomic E-state index is 0.0594. The van der Waals surface area contributed by atoms with Crippen molar-refractivity contribution in [2.24, 2.45) is 5.73 Å². The normalized spacial score (nSPS) is 13.5. The maximum absolute atomic E-state index is 12.6. The summed E-state index contributed by atoms with van der Waals surface area (Å²) < 4.78 is 43.0. The van der Waals surface area contributed by atoms with Crippen molar-refractivity contribution in [1.82, 2.24) is 0 Å². The van der Waals surface area contributed by atoms with Gasteiger partial charge in [-0.3, -0.25) is 0 Å². The number of ether oxygens (including phenoxy) is 1. The van der Waals surface area contributed by atoms with Crippen LogP contribution in [-0.2, 0) is 0 Å². The molecule has 2 N–H and O–H groups in total. The lowest BCUT2D eigenvalue weighted by molar-refractivity contribution is -0.149. The van der Waals surface area contributed by atoms with Gasteiger partial charge in [-0.15, -0.1) is 0 Å². The number of nitrogens with two attached hydrogens (primary N) is 1. The number of hydrogen-bond acceptors (Lipinski definition) is 2. The number of hydrogen-bond donors (Lipinski definition) is 1. The summed E-state index contributed by atoms with van der Waals surface area (Å²) in [5.74, 6) is 0.697. The largest absolute Gasteiger partial charge is 0.494 e. The molecule has 5 heteroatoms. The van der Waals surface area contributed by atoms with Gasteiger partial charge >= 0.3 is 6.18 Å². The molecule has 0 fully saturated rings. The second-order valence-corrected chi connectivity index (χ2v) is 4.22. The van der Waals surface area contributed by atoms with E-state index in [-0.39, 0.29) is 5.56 Å². The maximum atomic E-state index is 12.6. The lowest BCUT2D eigenvalue weighted by Gasteiger charge is -2.16. The van der Waals surface area contributed by atoms with Gasteiger partial charge < -0.3 is 10.5 Å². The Morgan fingerprint density at radius 2 is 1.74 bits per heavy atom. The number of benzene rings is 2. The first-order chi connectivity index (χ1) is 8.91. The van der Waals surface area contributed by atoms with Crippen molar-refractivity contribution >= 4 is 10.8 Å². The second kappa shape index (κ2) is 5.09. The highest BCUT2D eigenvalue weighted by Crippen LogP contribution is 2.32. The summed E-state index contributed by atoms with van der Waals surface area (Å²) in [6.07, 6.45) is -4.43. The molecule has 0 saturated carbocycles. The van der Waals surface area contributed by atoms with Crippen molar-refractivity contribution in [1.29, 1.82) is 0 Å². The standard InChI is InChI=1S/C14H14F3NO/c1-2-19-12-6-5-9-7-11(4-3-10(9)8-12)13(18)14(15,16)17/h3-8,13H,2,18H2,1H3/t13-/m0/s1. The van der Waals surface area contributed by atoms with E-state index in [9.17, 15) is 13.2 Å². The molecule has 2 aromatic carbocycles. The summed E-state index contributed by atoms with van der Waals surface area (Å²) in [6, 6.07) is 7.78. The van der Waals surface area contributed by atoms with E-state index in [1.165, 1.54) is 12.1 Å². The quantitative estimate of drug-likeness (QED) is 0.919. The molecule has 0 radical (unpaired) electrons. The number of halogens is 3. The van der Waals surface area contributed by atoms with Gasteiger partial charge in [-0.1, -0.05) is 18.2 Å². The maximum Gasteiger partial charge on any atom is 0.407 e. The lowest BCUT2D eigenvalue weighted by Crippen LogP contribution is -2.28. The average molecular weight is 269 g/mol. The van der Waals surface area contributed by atoms with E-state index >= 15 is 0 Å². The Hall–Kier alpha value is -1.75. The molecule has 0 spiro atoms. The topological polar surface area (TPSA) is 35.2 Å². The van der Waals surface area contributed by atoms with Crippen molar-refractivity contribution in [3.05, 3.63) is 42.0 Å². The molecule has 19 heavy (non-hydrogen) atoms. The van der Waals surface area contributed by atoms with Crippen LogP contribution in [0.5, 0.6) is 5.75 Å². The monoisotopic (exact) mass is 269 g/mol. The fraction of sp³-hybridized carbons (Fsp3) is 0.286. The molecule has 0 aliphatic carbocycles. The smallest absolute Gasteiger partial charge is 0.407 e. The Bertz CT molecular complexity index is 580. The summed E-state index contributed by atoms with van der Waals surface area (Å²) in [4.78, 5) is 0. The van der Waals surface area contributed by atoms with E-state index in [4.69, 9.17) is 10.5 Å². The first-order valence-electron chi connectivity index (χ1n) is 5.90. The third-order valence-electron chi connectivity index (χ3n) is 2.86. The predicted molar refractivity (Wildman–Crippen MR) is 68.1 cm³/mol. The van der Waals surface area contributed by atoms with E-state index in [0.717, 1.165) is 5.39 Å². The third kappa shape index (κ3) is 2.98. The minimum atomic E-state index is -4.43. The zero-order chi connectivity index (χ0) is 14.0. The van der Waals surface area contributed by atoms with Crippen LogP contribution in [-0.4, -0.2) is 12.8 Å². The molecule has 0 amide bonds. The molecule has 1 atom stereocenters. The Kier molecular flexibility index (Phi) is 3.66. The van der Waals surface area contributed by atoms with E-state index in [1.807, 2.05) is 6.92 Å². The summed E-state index contributed by atoms with van der Waals surface area (Å²) in [5, 5.41) is 1.53. The minimum Gasteiger partial charge on any atom is -0.494 e. The van der Waals surface area contributed by atoms with Crippen molar-refractivity contribution in [2.45, 2.75) is 19.1 Å². The van der Waals surface area contributed by atoms with Crippen LogP contribution in [0, 0.1) is 0 Å². The first-order valence-corrected chi connectivity index (χ1v) is 5.90. The Morgan fingerprint density at radius 1 is 1.11 bits per heavy atom. The van der Waals surface area contributed by atoms with Gasteiger partial charge in [0.15, 0.2) is 0 Å². The van der Waals surface area contributed by atoms with E-state index in [0.29, 0.717) is 17.7 Å². The van der Waals surface area contributed by atoms with Gasteiger partial charge in [0, 0.05) is 0 Å². The molecule has 0 heterocycles. The molecule has 0 unspecified atom stereocenters. The molecular weight excluding hydrogens is 255 g/mol. The zero-order valence-electron chi connectivity index (χ0n) is 10.4. The molecule has 0 bridgehead atoms. The molecule has 2 rings (SSSR count). The van der Waals surface area contributed by atoms with E-state index < -0.39 is 12.2 Å². The third-order valence-corrected chi connectivity index (χ3v) is 2.86. The fourth-order valence-electron chi connectivity index (χ4n) is 1.88. The summed E-state index contributed by atoms with van der Waals surface area (Å²) in [6.45, 7) is 2.41. The summed E-state index contributed by atoms with van der Waals surface area (Å²) in [7, 11) is 0. The average Bonchev–Trinajstić information content (AvgIpc) is 2.36.